The summed E-state index contributed by atoms with van der Waals surface area (Å²) in [5.74, 6) is -0.499. The molecule has 1 aromatic heterocycles. The summed E-state index contributed by atoms with van der Waals surface area (Å²) in [7, 11) is 0. The molecule has 1 aliphatic heterocycles. The Bertz CT molecular complexity index is 1110. The fourth-order valence-corrected chi connectivity index (χ4v) is 4.25. The van der Waals surface area contributed by atoms with Crippen molar-refractivity contribution < 1.29 is 19.1 Å². The van der Waals surface area contributed by atoms with Crippen molar-refractivity contribution in [3.8, 4) is 5.75 Å². The zero-order chi connectivity index (χ0) is 21.1. The number of rotatable bonds is 4. The van der Waals surface area contributed by atoms with Gasteiger partial charge in [-0.2, -0.15) is 0 Å². The normalized spacial score (nSPS) is 14.4. The van der Waals surface area contributed by atoms with Crippen LogP contribution in [0.2, 0.25) is 0 Å². The monoisotopic (exact) mass is 485 g/mol. The minimum Gasteiger partial charge on any atom is -0.480 e. The topological polar surface area (TPSA) is 96.5 Å². The molecule has 3 amide bonds. The third-order valence-corrected chi connectivity index (χ3v) is 6.04. The number of thiophene rings is 1. The molecule has 1 unspecified atom stereocenters. The third kappa shape index (κ3) is 4.52. The summed E-state index contributed by atoms with van der Waals surface area (Å²) >= 11 is 4.54. The fraction of sp³-hybridized carbons (Fsp3) is 0.0952. The zero-order valence-electron chi connectivity index (χ0n) is 15.5. The van der Waals surface area contributed by atoms with Crippen LogP contribution in [-0.2, 0) is 11.2 Å². The molecule has 1 aliphatic rings. The second kappa shape index (κ2) is 8.68. The van der Waals surface area contributed by atoms with Gasteiger partial charge in [0.1, 0.15) is 5.75 Å². The Morgan fingerprint density at radius 3 is 2.53 bits per heavy atom. The number of hydrazine groups is 1. The van der Waals surface area contributed by atoms with Crippen LogP contribution >= 0.6 is 27.3 Å². The molecule has 2 heterocycles. The van der Waals surface area contributed by atoms with E-state index in [1.165, 1.54) is 17.4 Å². The maximum Gasteiger partial charge on any atom is 0.279 e. The minimum absolute atomic E-state index is 0.288. The number of ether oxygens (including phenoxy) is 1. The van der Waals surface area contributed by atoms with Crippen LogP contribution in [0, 0.1) is 0 Å². The molecule has 9 heteroatoms. The van der Waals surface area contributed by atoms with Crippen molar-refractivity contribution in [2.75, 3.05) is 5.32 Å². The quantitative estimate of drug-likeness (QED) is 0.492. The number of halogens is 1. The van der Waals surface area contributed by atoms with Gasteiger partial charge in [-0.15, -0.1) is 11.3 Å². The van der Waals surface area contributed by atoms with Gasteiger partial charge in [-0.05, 0) is 57.9 Å². The van der Waals surface area contributed by atoms with E-state index in [1.54, 1.807) is 30.3 Å². The van der Waals surface area contributed by atoms with E-state index in [9.17, 15) is 14.4 Å². The van der Waals surface area contributed by atoms with Crippen LogP contribution in [0.1, 0.15) is 25.6 Å². The molecule has 30 heavy (non-hydrogen) atoms. The summed E-state index contributed by atoms with van der Waals surface area (Å²) in [5, 5.41) is 2.77. The van der Waals surface area contributed by atoms with Crippen molar-refractivity contribution in [3.05, 3.63) is 80.5 Å². The number of carbonyl (C=O) groups excluding carboxylic acids is 3. The lowest BCUT2D eigenvalue weighted by atomic mass is 10.1. The highest BCUT2D eigenvalue weighted by Crippen LogP contribution is 2.28. The van der Waals surface area contributed by atoms with Crippen LogP contribution in [0.5, 0.6) is 5.75 Å². The van der Waals surface area contributed by atoms with Crippen LogP contribution in [0.3, 0.4) is 0 Å². The lowest BCUT2D eigenvalue weighted by Gasteiger charge is -2.12. The second-order valence-electron chi connectivity index (χ2n) is 6.50. The summed E-state index contributed by atoms with van der Waals surface area (Å²) in [4.78, 5) is 37.4. The first kappa shape index (κ1) is 20.1. The number of fused-ring (bicyclic) bond motifs is 1. The van der Waals surface area contributed by atoms with Gasteiger partial charge in [-0.25, -0.2) is 0 Å². The van der Waals surface area contributed by atoms with Crippen LogP contribution in [0.25, 0.3) is 0 Å². The number of nitrogens with one attached hydrogen (secondary N) is 3. The van der Waals surface area contributed by atoms with Gasteiger partial charge in [0.05, 0.1) is 8.66 Å². The summed E-state index contributed by atoms with van der Waals surface area (Å²) < 4.78 is 6.50. The molecule has 0 saturated carbocycles. The van der Waals surface area contributed by atoms with E-state index in [1.807, 2.05) is 24.3 Å². The molecule has 3 N–H and O–H groups in total. The molecule has 0 saturated heterocycles. The molecular formula is C21H16BrN3O4S. The Morgan fingerprint density at radius 1 is 0.967 bits per heavy atom. The molecule has 0 aliphatic carbocycles. The Morgan fingerprint density at radius 2 is 1.77 bits per heavy atom. The predicted molar refractivity (Wildman–Crippen MR) is 117 cm³/mol. The number of anilines is 1. The standard InChI is InChI=1S/C21H16BrN3O4S/c22-18-9-8-17(30-18)21(28)25-24-19(26)13-5-3-6-14(10-13)23-20(27)16-11-12-4-1-2-7-15(12)29-16/h1-10,16H,11H2,(H,23,27)(H,24,26)(H,25,28). The zero-order valence-corrected chi connectivity index (χ0v) is 17.9. The van der Waals surface area contributed by atoms with E-state index in [2.05, 4.69) is 32.1 Å². The minimum atomic E-state index is -0.621. The van der Waals surface area contributed by atoms with Gasteiger partial charge in [0.25, 0.3) is 17.7 Å². The second-order valence-corrected chi connectivity index (χ2v) is 8.96. The Balaban J connectivity index is 1.35. The molecule has 0 bridgehead atoms. The molecule has 4 rings (SSSR count). The van der Waals surface area contributed by atoms with Crippen LogP contribution in [0.15, 0.2) is 64.5 Å². The summed E-state index contributed by atoms with van der Waals surface area (Å²) in [6, 6.07) is 17.4. The number of amides is 3. The van der Waals surface area contributed by atoms with Gasteiger partial charge in [0, 0.05) is 17.7 Å². The SMILES string of the molecule is O=C(NNC(=O)c1ccc(Br)s1)c1cccc(NC(=O)C2Cc3ccccc3O2)c1. The molecule has 1 atom stereocenters. The number of hydrogen-bond acceptors (Lipinski definition) is 5. The van der Waals surface area contributed by atoms with E-state index in [0.717, 1.165) is 9.35 Å². The average Bonchev–Trinajstić information content (AvgIpc) is 3.38. The summed E-state index contributed by atoms with van der Waals surface area (Å²) in [6.07, 6.45) is -0.128. The molecule has 2 aromatic carbocycles. The van der Waals surface area contributed by atoms with E-state index in [0.29, 0.717) is 22.7 Å². The number of para-hydroxylation sites is 1. The maximum atomic E-state index is 12.5. The largest absolute Gasteiger partial charge is 0.480 e. The van der Waals surface area contributed by atoms with Crippen molar-refractivity contribution in [1.82, 2.24) is 10.9 Å². The number of hydrogen-bond donors (Lipinski definition) is 3. The molecule has 0 radical (unpaired) electrons. The molecule has 0 spiro atoms. The fourth-order valence-electron chi connectivity index (χ4n) is 2.97. The first-order valence-corrected chi connectivity index (χ1v) is 10.6. The highest BCUT2D eigenvalue weighted by atomic mass is 79.9. The highest BCUT2D eigenvalue weighted by Gasteiger charge is 2.28. The van der Waals surface area contributed by atoms with E-state index in [-0.39, 0.29) is 11.5 Å². The van der Waals surface area contributed by atoms with E-state index >= 15 is 0 Å². The Labute approximate surface area is 184 Å². The molecule has 7 nitrogen and oxygen atoms in total. The lowest BCUT2D eigenvalue weighted by molar-refractivity contribution is -0.122. The smallest absolute Gasteiger partial charge is 0.279 e. The lowest BCUT2D eigenvalue weighted by Crippen LogP contribution is -2.41. The first-order chi connectivity index (χ1) is 14.5. The third-order valence-electron chi connectivity index (χ3n) is 4.42. The first-order valence-electron chi connectivity index (χ1n) is 9.01. The van der Waals surface area contributed by atoms with Gasteiger partial charge in [0.2, 0.25) is 0 Å². The van der Waals surface area contributed by atoms with Gasteiger partial charge < -0.3 is 10.1 Å². The molecule has 152 valence electrons. The molecular weight excluding hydrogens is 470 g/mol. The Hall–Kier alpha value is -3.17. The van der Waals surface area contributed by atoms with Gasteiger partial charge in [0.15, 0.2) is 6.10 Å². The highest BCUT2D eigenvalue weighted by molar-refractivity contribution is 9.11. The summed E-state index contributed by atoms with van der Waals surface area (Å²) in [6.45, 7) is 0. The summed E-state index contributed by atoms with van der Waals surface area (Å²) in [5.41, 5.74) is 6.47. The van der Waals surface area contributed by atoms with Crippen LogP contribution in [-0.4, -0.2) is 23.8 Å². The molecule has 0 fully saturated rings. The Kier molecular flexibility index (Phi) is 5.82. The van der Waals surface area contributed by atoms with Gasteiger partial charge in [-0.3, -0.25) is 25.2 Å². The number of benzene rings is 2. The van der Waals surface area contributed by atoms with E-state index < -0.39 is 17.9 Å². The number of carbonyl (C=O) groups is 3. The van der Waals surface area contributed by atoms with Crippen molar-refractivity contribution >= 4 is 50.7 Å². The van der Waals surface area contributed by atoms with E-state index in [4.69, 9.17) is 4.74 Å². The van der Waals surface area contributed by atoms with Gasteiger partial charge >= 0.3 is 0 Å². The predicted octanol–water partition coefficient (Wildman–Crippen LogP) is 3.53. The van der Waals surface area contributed by atoms with Crippen LogP contribution < -0.4 is 20.9 Å². The van der Waals surface area contributed by atoms with Crippen LogP contribution in [0.4, 0.5) is 5.69 Å². The average molecular weight is 486 g/mol. The van der Waals surface area contributed by atoms with Gasteiger partial charge in [-0.1, -0.05) is 24.3 Å². The van der Waals surface area contributed by atoms with Crippen molar-refractivity contribution in [3.63, 3.8) is 0 Å². The van der Waals surface area contributed by atoms with Crippen molar-refractivity contribution in [2.45, 2.75) is 12.5 Å². The molecule has 3 aromatic rings. The van der Waals surface area contributed by atoms with Crippen molar-refractivity contribution in [1.29, 1.82) is 0 Å². The van der Waals surface area contributed by atoms with Crippen molar-refractivity contribution in [2.24, 2.45) is 0 Å². The maximum absolute atomic E-state index is 12.5.